The third-order valence-electron chi connectivity index (χ3n) is 6.46. The molecule has 2 fully saturated rings. The highest BCUT2D eigenvalue weighted by Gasteiger charge is 2.46. The molecule has 1 saturated carbocycles. The smallest absolute Gasteiger partial charge is 0.233 e. The van der Waals surface area contributed by atoms with E-state index in [4.69, 9.17) is 11.6 Å². The molecule has 0 spiro atoms. The van der Waals surface area contributed by atoms with Crippen molar-refractivity contribution in [3.8, 4) is 0 Å². The van der Waals surface area contributed by atoms with Crippen LogP contribution in [-0.4, -0.2) is 38.1 Å². The molecule has 2 aliphatic rings. The van der Waals surface area contributed by atoms with E-state index < -0.39 is 20.5 Å². The van der Waals surface area contributed by atoms with E-state index in [0.29, 0.717) is 18.0 Å². The summed E-state index contributed by atoms with van der Waals surface area (Å²) in [5, 5.41) is 0.109. The second-order valence-corrected chi connectivity index (χ2v) is 10.9. The lowest BCUT2D eigenvalue weighted by molar-refractivity contribution is -0.137. The highest BCUT2D eigenvalue weighted by molar-refractivity contribution is 7.91. The van der Waals surface area contributed by atoms with Crippen molar-refractivity contribution >= 4 is 27.3 Å². The molecule has 0 bridgehead atoms. The van der Waals surface area contributed by atoms with Crippen LogP contribution < -0.4 is 0 Å². The standard InChI is InChI=1S/C23H26ClNO3S/c24-20-10-8-19(9-11-20)23(13-4-5-14-23)22(26)25-15-12-21(29(27,28)17-16-25)18-6-2-1-3-7-18/h1-3,6-11,21H,4-5,12-17H2. The molecule has 1 heterocycles. The lowest BCUT2D eigenvalue weighted by Crippen LogP contribution is -2.46. The average molecular weight is 432 g/mol. The van der Waals surface area contributed by atoms with Crippen LogP contribution in [0.4, 0.5) is 0 Å². The molecule has 29 heavy (non-hydrogen) atoms. The Morgan fingerprint density at radius 3 is 2.28 bits per heavy atom. The first-order valence-electron chi connectivity index (χ1n) is 10.2. The zero-order valence-electron chi connectivity index (χ0n) is 16.4. The zero-order valence-corrected chi connectivity index (χ0v) is 18.0. The number of amides is 1. The molecule has 154 valence electrons. The molecule has 1 aliphatic carbocycles. The number of sulfone groups is 1. The fraction of sp³-hybridized carbons (Fsp3) is 0.435. The van der Waals surface area contributed by atoms with Gasteiger partial charge in [0.25, 0.3) is 0 Å². The fourth-order valence-corrected chi connectivity index (χ4v) is 6.79. The van der Waals surface area contributed by atoms with Gasteiger partial charge in [-0.2, -0.15) is 0 Å². The molecular formula is C23H26ClNO3S. The molecule has 0 radical (unpaired) electrons. The summed E-state index contributed by atoms with van der Waals surface area (Å²) in [4.78, 5) is 15.5. The van der Waals surface area contributed by atoms with Crippen LogP contribution in [0.15, 0.2) is 54.6 Å². The molecule has 1 saturated heterocycles. The Hall–Kier alpha value is -1.85. The molecule has 6 heteroatoms. The van der Waals surface area contributed by atoms with E-state index in [1.54, 1.807) is 4.90 Å². The van der Waals surface area contributed by atoms with E-state index in [-0.39, 0.29) is 18.2 Å². The van der Waals surface area contributed by atoms with Gasteiger partial charge in [-0.25, -0.2) is 8.42 Å². The van der Waals surface area contributed by atoms with Gasteiger partial charge in [0.1, 0.15) is 0 Å². The summed E-state index contributed by atoms with van der Waals surface area (Å²) in [5.41, 5.74) is 1.26. The van der Waals surface area contributed by atoms with Crippen molar-refractivity contribution in [2.45, 2.75) is 42.8 Å². The number of hydrogen-bond acceptors (Lipinski definition) is 3. The van der Waals surface area contributed by atoms with Gasteiger partial charge in [0.2, 0.25) is 5.91 Å². The topological polar surface area (TPSA) is 54.5 Å². The monoisotopic (exact) mass is 431 g/mol. The Labute approximate surface area is 177 Å². The van der Waals surface area contributed by atoms with E-state index in [2.05, 4.69) is 0 Å². The minimum Gasteiger partial charge on any atom is -0.341 e. The lowest BCUT2D eigenvalue weighted by atomic mass is 9.77. The van der Waals surface area contributed by atoms with Crippen molar-refractivity contribution in [2.24, 2.45) is 0 Å². The van der Waals surface area contributed by atoms with E-state index in [1.807, 2.05) is 54.6 Å². The van der Waals surface area contributed by atoms with Crippen molar-refractivity contribution in [2.75, 3.05) is 18.8 Å². The summed E-state index contributed by atoms with van der Waals surface area (Å²) < 4.78 is 25.9. The van der Waals surface area contributed by atoms with E-state index in [0.717, 1.165) is 36.8 Å². The minimum absolute atomic E-state index is 0.00893. The highest BCUT2D eigenvalue weighted by atomic mass is 35.5. The van der Waals surface area contributed by atoms with Crippen LogP contribution in [-0.2, 0) is 20.0 Å². The summed E-state index contributed by atoms with van der Waals surface area (Å²) in [6.07, 6.45) is 4.06. The summed E-state index contributed by atoms with van der Waals surface area (Å²) in [6.45, 7) is 0.729. The maximum Gasteiger partial charge on any atom is 0.233 e. The second-order valence-electron chi connectivity index (χ2n) is 8.14. The first-order chi connectivity index (χ1) is 13.9. The summed E-state index contributed by atoms with van der Waals surface area (Å²) >= 11 is 6.06. The average Bonchev–Trinajstić information content (AvgIpc) is 3.16. The van der Waals surface area contributed by atoms with Crippen LogP contribution in [0.5, 0.6) is 0 Å². The Bertz CT molecular complexity index is 967. The molecule has 1 unspecified atom stereocenters. The van der Waals surface area contributed by atoms with Gasteiger partial charge >= 0.3 is 0 Å². The summed E-state index contributed by atoms with van der Waals surface area (Å²) in [5.74, 6) is 0.0795. The third kappa shape index (κ3) is 3.95. The third-order valence-corrected chi connectivity index (χ3v) is 8.84. The molecular weight excluding hydrogens is 406 g/mol. The maximum atomic E-state index is 13.7. The van der Waals surface area contributed by atoms with Crippen molar-refractivity contribution in [1.82, 2.24) is 4.90 Å². The quantitative estimate of drug-likeness (QED) is 0.716. The molecule has 4 rings (SSSR count). The van der Waals surface area contributed by atoms with E-state index in [9.17, 15) is 13.2 Å². The van der Waals surface area contributed by atoms with Gasteiger partial charge in [-0.05, 0) is 42.5 Å². The molecule has 0 N–H and O–H groups in total. The van der Waals surface area contributed by atoms with Gasteiger partial charge in [-0.3, -0.25) is 4.79 Å². The van der Waals surface area contributed by atoms with Crippen LogP contribution in [0.1, 0.15) is 48.5 Å². The van der Waals surface area contributed by atoms with Crippen molar-refractivity contribution in [3.63, 3.8) is 0 Å². The molecule has 1 aliphatic heterocycles. The predicted molar refractivity (Wildman–Crippen MR) is 116 cm³/mol. The van der Waals surface area contributed by atoms with Gasteiger partial charge in [0.05, 0.1) is 16.4 Å². The lowest BCUT2D eigenvalue weighted by Gasteiger charge is -2.34. The Balaban J connectivity index is 1.61. The van der Waals surface area contributed by atoms with Crippen LogP contribution in [0.25, 0.3) is 0 Å². The SMILES string of the molecule is O=C(N1CCC(c2ccccc2)S(=O)(=O)CC1)C1(c2ccc(Cl)cc2)CCCC1. The fourth-order valence-electron chi connectivity index (χ4n) is 4.87. The Morgan fingerprint density at radius 1 is 0.966 bits per heavy atom. The van der Waals surface area contributed by atoms with Crippen molar-refractivity contribution in [3.05, 3.63) is 70.7 Å². The van der Waals surface area contributed by atoms with Crippen LogP contribution in [0, 0.1) is 0 Å². The summed E-state index contributed by atoms with van der Waals surface area (Å²) in [6, 6.07) is 16.9. The van der Waals surface area contributed by atoms with Crippen molar-refractivity contribution < 1.29 is 13.2 Å². The molecule has 1 amide bonds. The Morgan fingerprint density at radius 2 is 1.62 bits per heavy atom. The number of hydrogen-bond donors (Lipinski definition) is 0. The van der Waals surface area contributed by atoms with Crippen LogP contribution in [0.3, 0.4) is 0 Å². The normalized spacial score (nSPS) is 23.5. The molecule has 2 aromatic carbocycles. The number of rotatable bonds is 3. The highest BCUT2D eigenvalue weighted by Crippen LogP contribution is 2.43. The minimum atomic E-state index is -3.30. The van der Waals surface area contributed by atoms with E-state index >= 15 is 0 Å². The molecule has 4 nitrogen and oxygen atoms in total. The molecule has 1 atom stereocenters. The number of halogens is 1. The first-order valence-corrected chi connectivity index (χ1v) is 12.3. The second kappa shape index (κ2) is 8.11. The number of benzene rings is 2. The Kier molecular flexibility index (Phi) is 5.71. The van der Waals surface area contributed by atoms with Gasteiger partial charge in [-0.1, -0.05) is 66.9 Å². The molecule has 0 aromatic heterocycles. The number of carbonyl (C=O) groups excluding carboxylic acids is 1. The van der Waals surface area contributed by atoms with Gasteiger partial charge < -0.3 is 4.90 Å². The predicted octanol–water partition coefficient (Wildman–Crippen LogP) is 4.54. The molecule has 2 aromatic rings. The van der Waals surface area contributed by atoms with Crippen LogP contribution in [0.2, 0.25) is 5.02 Å². The van der Waals surface area contributed by atoms with Crippen molar-refractivity contribution in [1.29, 1.82) is 0 Å². The first kappa shape index (κ1) is 20.4. The maximum absolute atomic E-state index is 13.7. The van der Waals surface area contributed by atoms with E-state index in [1.165, 1.54) is 0 Å². The van der Waals surface area contributed by atoms with Crippen LogP contribution >= 0.6 is 11.6 Å². The van der Waals surface area contributed by atoms with Gasteiger partial charge in [0.15, 0.2) is 9.84 Å². The number of carbonyl (C=O) groups is 1. The summed E-state index contributed by atoms with van der Waals surface area (Å²) in [7, 11) is -3.30. The largest absolute Gasteiger partial charge is 0.341 e. The van der Waals surface area contributed by atoms with Gasteiger partial charge in [0, 0.05) is 18.1 Å². The zero-order chi connectivity index (χ0) is 20.5. The number of nitrogens with zero attached hydrogens (tertiary/aromatic N) is 1. The van der Waals surface area contributed by atoms with Gasteiger partial charge in [-0.15, -0.1) is 0 Å².